The lowest BCUT2D eigenvalue weighted by Gasteiger charge is -2.30. The summed E-state index contributed by atoms with van der Waals surface area (Å²) in [4.78, 5) is 4.21. The predicted octanol–water partition coefficient (Wildman–Crippen LogP) is 2.76. The molecule has 2 heterocycles. The summed E-state index contributed by atoms with van der Waals surface area (Å²) in [6.07, 6.45) is 3.17. The molecule has 0 radical (unpaired) electrons. The van der Waals surface area contributed by atoms with Crippen molar-refractivity contribution in [1.29, 1.82) is 0 Å². The zero-order chi connectivity index (χ0) is 15.7. The number of hydrogen-bond donors (Lipinski definition) is 1. The summed E-state index contributed by atoms with van der Waals surface area (Å²) in [5, 5.41) is 10.4. The Kier molecular flexibility index (Phi) is 4.43. The van der Waals surface area contributed by atoms with Gasteiger partial charge in [0.1, 0.15) is 11.9 Å². The SMILES string of the molecule is Cc1nccn1CC1(c2ccc(Cl)cc2Cl)OCC(CO)O1. The van der Waals surface area contributed by atoms with Gasteiger partial charge in [0.15, 0.2) is 0 Å². The minimum absolute atomic E-state index is 0.115. The van der Waals surface area contributed by atoms with Gasteiger partial charge in [-0.3, -0.25) is 0 Å². The second kappa shape index (κ2) is 6.18. The number of aromatic nitrogens is 2. The van der Waals surface area contributed by atoms with Gasteiger partial charge >= 0.3 is 0 Å². The van der Waals surface area contributed by atoms with Crippen molar-refractivity contribution in [3.63, 3.8) is 0 Å². The number of ether oxygens (including phenoxy) is 2. The van der Waals surface area contributed by atoms with E-state index >= 15 is 0 Å². The molecule has 1 aliphatic heterocycles. The Bertz CT molecular complexity index is 677. The molecule has 118 valence electrons. The highest BCUT2D eigenvalue weighted by molar-refractivity contribution is 6.35. The van der Waals surface area contributed by atoms with Crippen LogP contribution in [-0.4, -0.2) is 34.0 Å². The number of aryl methyl sites for hydroxylation is 1. The van der Waals surface area contributed by atoms with Crippen molar-refractivity contribution in [2.24, 2.45) is 0 Å². The molecule has 0 aliphatic carbocycles. The molecule has 3 rings (SSSR count). The molecule has 1 aromatic heterocycles. The molecule has 2 atom stereocenters. The summed E-state index contributed by atoms with van der Waals surface area (Å²) in [6, 6.07) is 5.18. The van der Waals surface area contributed by atoms with Crippen LogP contribution in [0.15, 0.2) is 30.6 Å². The van der Waals surface area contributed by atoms with E-state index < -0.39 is 11.9 Å². The van der Waals surface area contributed by atoms with Gasteiger partial charge in [-0.1, -0.05) is 29.3 Å². The zero-order valence-electron chi connectivity index (χ0n) is 12.0. The standard InChI is InChI=1S/C15H16Cl2N2O3/c1-10-18-4-5-19(10)9-15(21-8-12(7-20)22-15)13-3-2-11(16)6-14(13)17/h2-6,12,20H,7-9H2,1H3. The third-order valence-corrected chi connectivity index (χ3v) is 4.25. The Morgan fingerprint density at radius 2 is 2.27 bits per heavy atom. The van der Waals surface area contributed by atoms with Crippen molar-refractivity contribution in [2.45, 2.75) is 25.4 Å². The van der Waals surface area contributed by atoms with Crippen molar-refractivity contribution >= 4 is 23.2 Å². The molecule has 1 aromatic carbocycles. The van der Waals surface area contributed by atoms with Crippen molar-refractivity contribution < 1.29 is 14.6 Å². The summed E-state index contributed by atoms with van der Waals surface area (Å²) in [5.74, 6) is -0.232. The lowest BCUT2D eigenvalue weighted by atomic mass is 10.1. The second-order valence-corrected chi connectivity index (χ2v) is 6.06. The predicted molar refractivity (Wildman–Crippen MR) is 83.0 cm³/mol. The van der Waals surface area contributed by atoms with Gasteiger partial charge in [-0.15, -0.1) is 0 Å². The Hall–Kier alpha value is -1.11. The van der Waals surface area contributed by atoms with Gasteiger partial charge in [-0.2, -0.15) is 0 Å². The molecular formula is C15H16Cl2N2O3. The highest BCUT2D eigenvalue weighted by Crippen LogP contribution is 2.40. The molecule has 0 spiro atoms. The molecule has 7 heteroatoms. The summed E-state index contributed by atoms with van der Waals surface area (Å²) in [7, 11) is 0. The van der Waals surface area contributed by atoms with Crippen LogP contribution < -0.4 is 0 Å². The molecule has 1 N–H and O–H groups in total. The van der Waals surface area contributed by atoms with Crippen LogP contribution in [0.25, 0.3) is 0 Å². The van der Waals surface area contributed by atoms with Crippen molar-refractivity contribution in [3.05, 3.63) is 52.0 Å². The lowest BCUT2D eigenvalue weighted by molar-refractivity contribution is -0.190. The van der Waals surface area contributed by atoms with Crippen LogP contribution in [0.2, 0.25) is 10.0 Å². The summed E-state index contributed by atoms with van der Waals surface area (Å²) >= 11 is 12.3. The van der Waals surface area contributed by atoms with Gasteiger partial charge in [0.25, 0.3) is 0 Å². The number of benzene rings is 1. The monoisotopic (exact) mass is 342 g/mol. The van der Waals surface area contributed by atoms with Crippen LogP contribution in [0.1, 0.15) is 11.4 Å². The Morgan fingerprint density at radius 3 is 2.86 bits per heavy atom. The van der Waals surface area contributed by atoms with Crippen LogP contribution in [-0.2, 0) is 21.8 Å². The maximum atomic E-state index is 9.36. The van der Waals surface area contributed by atoms with Crippen LogP contribution in [0, 0.1) is 6.92 Å². The van der Waals surface area contributed by atoms with Crippen LogP contribution in [0.3, 0.4) is 0 Å². The number of imidazole rings is 1. The number of aliphatic hydroxyl groups excluding tert-OH is 1. The molecule has 2 unspecified atom stereocenters. The van der Waals surface area contributed by atoms with Gasteiger partial charge in [0.05, 0.1) is 24.8 Å². The summed E-state index contributed by atoms with van der Waals surface area (Å²) < 4.78 is 13.8. The summed E-state index contributed by atoms with van der Waals surface area (Å²) in [5.41, 5.74) is 0.683. The van der Waals surface area contributed by atoms with Crippen LogP contribution in [0.4, 0.5) is 0 Å². The fourth-order valence-electron chi connectivity index (χ4n) is 2.56. The first-order valence-electron chi connectivity index (χ1n) is 6.90. The highest BCUT2D eigenvalue weighted by Gasteiger charge is 2.45. The van der Waals surface area contributed by atoms with E-state index in [0.29, 0.717) is 28.8 Å². The normalized spacial score (nSPS) is 24.8. The fraction of sp³-hybridized carbons (Fsp3) is 0.400. The van der Waals surface area contributed by atoms with E-state index in [4.69, 9.17) is 32.7 Å². The van der Waals surface area contributed by atoms with Crippen molar-refractivity contribution in [1.82, 2.24) is 9.55 Å². The van der Waals surface area contributed by atoms with E-state index in [-0.39, 0.29) is 6.61 Å². The smallest absolute Gasteiger partial charge is 0.215 e. The van der Waals surface area contributed by atoms with E-state index in [1.54, 1.807) is 24.4 Å². The van der Waals surface area contributed by atoms with Gasteiger partial charge in [0, 0.05) is 23.0 Å². The second-order valence-electron chi connectivity index (χ2n) is 5.21. The van der Waals surface area contributed by atoms with Crippen LogP contribution in [0.5, 0.6) is 0 Å². The van der Waals surface area contributed by atoms with Gasteiger partial charge in [0.2, 0.25) is 5.79 Å². The average molecular weight is 343 g/mol. The topological polar surface area (TPSA) is 56.5 Å². The van der Waals surface area contributed by atoms with E-state index in [0.717, 1.165) is 5.82 Å². The Morgan fingerprint density at radius 1 is 1.45 bits per heavy atom. The number of nitrogens with zero attached hydrogens (tertiary/aromatic N) is 2. The first-order chi connectivity index (χ1) is 10.5. The maximum absolute atomic E-state index is 9.36. The minimum atomic E-state index is -1.07. The minimum Gasteiger partial charge on any atom is -0.394 e. The quantitative estimate of drug-likeness (QED) is 0.928. The molecule has 5 nitrogen and oxygen atoms in total. The number of rotatable bonds is 4. The third-order valence-electron chi connectivity index (χ3n) is 3.71. The number of hydrogen-bond acceptors (Lipinski definition) is 4. The summed E-state index contributed by atoms with van der Waals surface area (Å²) in [6.45, 7) is 2.46. The fourth-order valence-corrected chi connectivity index (χ4v) is 3.11. The van der Waals surface area contributed by atoms with E-state index in [1.165, 1.54) is 0 Å². The maximum Gasteiger partial charge on any atom is 0.215 e. The number of halogens is 2. The Balaban J connectivity index is 2.02. The molecule has 0 saturated carbocycles. The van der Waals surface area contributed by atoms with Crippen LogP contribution >= 0.6 is 23.2 Å². The zero-order valence-corrected chi connectivity index (χ0v) is 13.5. The molecule has 22 heavy (non-hydrogen) atoms. The lowest BCUT2D eigenvalue weighted by Crippen LogP contribution is -2.34. The van der Waals surface area contributed by atoms with E-state index in [1.807, 2.05) is 17.7 Å². The largest absolute Gasteiger partial charge is 0.394 e. The van der Waals surface area contributed by atoms with Crippen molar-refractivity contribution in [2.75, 3.05) is 13.2 Å². The Labute approximate surface area is 138 Å². The molecule has 0 bridgehead atoms. The first-order valence-corrected chi connectivity index (χ1v) is 7.65. The first kappa shape index (κ1) is 15.8. The van der Waals surface area contributed by atoms with Crippen molar-refractivity contribution in [3.8, 4) is 0 Å². The molecule has 1 fully saturated rings. The molecule has 2 aromatic rings. The molecule has 0 amide bonds. The van der Waals surface area contributed by atoms with Gasteiger partial charge in [-0.05, 0) is 19.1 Å². The highest BCUT2D eigenvalue weighted by atomic mass is 35.5. The number of aliphatic hydroxyl groups is 1. The molecular weight excluding hydrogens is 327 g/mol. The van der Waals surface area contributed by atoms with E-state index in [2.05, 4.69) is 4.98 Å². The average Bonchev–Trinajstić information content (AvgIpc) is 3.07. The van der Waals surface area contributed by atoms with Gasteiger partial charge in [-0.25, -0.2) is 4.98 Å². The van der Waals surface area contributed by atoms with E-state index in [9.17, 15) is 5.11 Å². The van der Waals surface area contributed by atoms with Gasteiger partial charge < -0.3 is 19.1 Å². The molecule has 1 saturated heterocycles. The third kappa shape index (κ3) is 2.87. The molecule has 1 aliphatic rings.